The number of pyridine rings is 2. The minimum atomic E-state index is -0.278. The monoisotopic (exact) mass is 241 g/mol. The Hall–Kier alpha value is -2.23. The van der Waals surface area contributed by atoms with E-state index in [9.17, 15) is 4.39 Å². The second-order valence-corrected chi connectivity index (χ2v) is 4.05. The lowest BCUT2D eigenvalue weighted by Crippen LogP contribution is -1.93. The predicted molar refractivity (Wildman–Crippen MR) is 67.8 cm³/mol. The maximum atomic E-state index is 13.4. The molecule has 0 radical (unpaired) electrons. The number of hydrogen-bond donors (Lipinski definition) is 0. The third-order valence-electron chi connectivity index (χ3n) is 2.90. The summed E-state index contributed by atoms with van der Waals surface area (Å²) < 4.78 is 15.1. The summed E-state index contributed by atoms with van der Waals surface area (Å²) in [6.07, 6.45) is 3.97. The summed E-state index contributed by atoms with van der Waals surface area (Å²) in [5.74, 6) is -0.278. The number of halogens is 1. The maximum Gasteiger partial charge on any atom is 0.139 e. The molecule has 0 aliphatic rings. The molecule has 18 heavy (non-hydrogen) atoms. The van der Waals surface area contributed by atoms with Crippen LogP contribution in [0.25, 0.3) is 17.0 Å². The van der Waals surface area contributed by atoms with Crippen LogP contribution in [0.4, 0.5) is 4.39 Å². The normalized spacial score (nSPS) is 11.0. The van der Waals surface area contributed by atoms with E-state index in [1.807, 2.05) is 25.1 Å². The highest BCUT2D eigenvalue weighted by atomic mass is 19.1. The number of rotatable bonds is 2. The summed E-state index contributed by atoms with van der Waals surface area (Å²) in [5, 5.41) is 0. The molecule has 0 spiro atoms. The van der Waals surface area contributed by atoms with Crippen molar-refractivity contribution < 1.29 is 4.39 Å². The van der Waals surface area contributed by atoms with E-state index in [0.717, 1.165) is 29.1 Å². The van der Waals surface area contributed by atoms with Crippen LogP contribution in [0.1, 0.15) is 12.6 Å². The summed E-state index contributed by atoms with van der Waals surface area (Å²) in [5.41, 5.74) is 3.35. The van der Waals surface area contributed by atoms with E-state index >= 15 is 0 Å². The van der Waals surface area contributed by atoms with Crippen molar-refractivity contribution in [2.75, 3.05) is 0 Å². The Labute approximate surface area is 104 Å². The van der Waals surface area contributed by atoms with Gasteiger partial charge in [0, 0.05) is 12.4 Å². The summed E-state index contributed by atoms with van der Waals surface area (Å²) >= 11 is 0. The van der Waals surface area contributed by atoms with Crippen LogP contribution in [-0.4, -0.2) is 14.4 Å². The Balaban J connectivity index is 2.35. The van der Waals surface area contributed by atoms with Crippen molar-refractivity contribution in [3.8, 4) is 11.4 Å². The van der Waals surface area contributed by atoms with Gasteiger partial charge in [0.2, 0.25) is 0 Å². The van der Waals surface area contributed by atoms with Crippen molar-refractivity contribution in [3.05, 3.63) is 54.2 Å². The molecule has 4 heteroatoms. The highest BCUT2D eigenvalue weighted by Crippen LogP contribution is 2.24. The SMILES string of the molecule is CCc1nc2ccc(F)cn2c1-c1ccccn1. The Kier molecular flexibility index (Phi) is 2.55. The first-order valence-corrected chi connectivity index (χ1v) is 5.87. The molecule has 0 saturated carbocycles. The lowest BCUT2D eigenvalue weighted by atomic mass is 10.2. The van der Waals surface area contributed by atoms with Crippen LogP contribution >= 0.6 is 0 Å². The maximum absolute atomic E-state index is 13.4. The van der Waals surface area contributed by atoms with Gasteiger partial charge in [-0.3, -0.25) is 9.38 Å². The third kappa shape index (κ3) is 1.66. The third-order valence-corrected chi connectivity index (χ3v) is 2.90. The van der Waals surface area contributed by atoms with Crippen molar-refractivity contribution in [2.45, 2.75) is 13.3 Å². The number of imidazole rings is 1. The molecule has 3 rings (SSSR count). The molecule has 0 fully saturated rings. The van der Waals surface area contributed by atoms with Gasteiger partial charge in [-0.1, -0.05) is 13.0 Å². The number of aryl methyl sites for hydroxylation is 1. The zero-order valence-corrected chi connectivity index (χ0v) is 9.97. The Bertz CT molecular complexity index is 689. The van der Waals surface area contributed by atoms with Crippen molar-refractivity contribution in [2.24, 2.45) is 0 Å². The van der Waals surface area contributed by atoms with Crippen molar-refractivity contribution >= 4 is 5.65 Å². The van der Waals surface area contributed by atoms with Gasteiger partial charge in [-0.25, -0.2) is 9.37 Å². The molecule has 0 amide bonds. The van der Waals surface area contributed by atoms with Gasteiger partial charge in [-0.2, -0.15) is 0 Å². The molecular formula is C14H12FN3. The fraction of sp³-hybridized carbons (Fsp3) is 0.143. The standard InChI is InChI=1S/C14H12FN3/c1-2-11-14(12-5-3-4-8-16-12)18-9-10(15)6-7-13(18)17-11/h3-9H,2H2,1H3. The molecule has 0 aliphatic carbocycles. The van der Waals surface area contributed by atoms with Crippen LogP contribution in [0.2, 0.25) is 0 Å². The molecule has 0 saturated heterocycles. The lowest BCUT2D eigenvalue weighted by Gasteiger charge is -2.03. The Morgan fingerprint density at radius 2 is 2.11 bits per heavy atom. The highest BCUT2D eigenvalue weighted by molar-refractivity contribution is 5.64. The molecule has 0 aromatic carbocycles. The summed E-state index contributed by atoms with van der Waals surface area (Å²) in [4.78, 5) is 8.83. The number of aromatic nitrogens is 3. The quantitative estimate of drug-likeness (QED) is 0.690. The summed E-state index contributed by atoms with van der Waals surface area (Å²) in [7, 11) is 0. The summed E-state index contributed by atoms with van der Waals surface area (Å²) in [6.45, 7) is 2.03. The van der Waals surface area contributed by atoms with E-state index in [4.69, 9.17) is 0 Å². The first kappa shape index (κ1) is 10.9. The van der Waals surface area contributed by atoms with Gasteiger partial charge in [0.05, 0.1) is 17.1 Å². The smallest absolute Gasteiger partial charge is 0.139 e. The van der Waals surface area contributed by atoms with Gasteiger partial charge in [-0.05, 0) is 30.7 Å². The van der Waals surface area contributed by atoms with E-state index in [2.05, 4.69) is 9.97 Å². The summed E-state index contributed by atoms with van der Waals surface area (Å²) in [6, 6.07) is 8.79. The van der Waals surface area contributed by atoms with Crippen molar-refractivity contribution in [1.29, 1.82) is 0 Å². The molecule has 0 N–H and O–H groups in total. The molecule has 0 unspecified atom stereocenters. The van der Waals surface area contributed by atoms with E-state index in [0.29, 0.717) is 0 Å². The van der Waals surface area contributed by atoms with E-state index in [1.165, 1.54) is 12.3 Å². The largest absolute Gasteiger partial charge is 0.295 e. The minimum absolute atomic E-state index is 0.278. The molecule has 0 bridgehead atoms. The molecular weight excluding hydrogens is 229 g/mol. The minimum Gasteiger partial charge on any atom is -0.295 e. The van der Waals surface area contributed by atoms with E-state index < -0.39 is 0 Å². The van der Waals surface area contributed by atoms with Gasteiger partial charge < -0.3 is 0 Å². The second kappa shape index (κ2) is 4.22. The highest BCUT2D eigenvalue weighted by Gasteiger charge is 2.13. The predicted octanol–water partition coefficient (Wildman–Crippen LogP) is 3.10. The molecule has 0 aliphatic heterocycles. The van der Waals surface area contributed by atoms with Gasteiger partial charge >= 0.3 is 0 Å². The number of fused-ring (bicyclic) bond motifs is 1. The van der Waals surface area contributed by atoms with Crippen molar-refractivity contribution in [1.82, 2.24) is 14.4 Å². The molecule has 3 aromatic rings. The molecule has 3 nitrogen and oxygen atoms in total. The lowest BCUT2D eigenvalue weighted by molar-refractivity contribution is 0.619. The van der Waals surface area contributed by atoms with Crippen molar-refractivity contribution in [3.63, 3.8) is 0 Å². The van der Waals surface area contributed by atoms with Gasteiger partial charge in [0.15, 0.2) is 0 Å². The van der Waals surface area contributed by atoms with Crippen LogP contribution in [0.15, 0.2) is 42.7 Å². The van der Waals surface area contributed by atoms with Gasteiger partial charge in [-0.15, -0.1) is 0 Å². The zero-order valence-electron chi connectivity index (χ0n) is 9.97. The molecule has 3 heterocycles. The van der Waals surface area contributed by atoms with Gasteiger partial charge in [0.25, 0.3) is 0 Å². The van der Waals surface area contributed by atoms with Crippen LogP contribution in [-0.2, 0) is 6.42 Å². The van der Waals surface area contributed by atoms with Crippen LogP contribution in [0, 0.1) is 5.82 Å². The molecule has 3 aromatic heterocycles. The zero-order chi connectivity index (χ0) is 12.5. The second-order valence-electron chi connectivity index (χ2n) is 4.05. The first-order valence-electron chi connectivity index (χ1n) is 5.87. The van der Waals surface area contributed by atoms with Crippen LogP contribution in [0.5, 0.6) is 0 Å². The Morgan fingerprint density at radius 3 is 2.83 bits per heavy atom. The van der Waals surface area contributed by atoms with E-state index in [-0.39, 0.29) is 5.82 Å². The number of hydrogen-bond acceptors (Lipinski definition) is 2. The van der Waals surface area contributed by atoms with Crippen LogP contribution < -0.4 is 0 Å². The van der Waals surface area contributed by atoms with Crippen LogP contribution in [0.3, 0.4) is 0 Å². The molecule has 90 valence electrons. The topological polar surface area (TPSA) is 30.2 Å². The molecule has 0 atom stereocenters. The fourth-order valence-electron chi connectivity index (χ4n) is 2.09. The number of nitrogens with zero attached hydrogens (tertiary/aromatic N) is 3. The van der Waals surface area contributed by atoms with Gasteiger partial charge in [0.1, 0.15) is 11.5 Å². The fourth-order valence-corrected chi connectivity index (χ4v) is 2.09. The average molecular weight is 241 g/mol. The van der Waals surface area contributed by atoms with E-state index in [1.54, 1.807) is 16.7 Å². The Morgan fingerprint density at radius 1 is 1.22 bits per heavy atom. The first-order chi connectivity index (χ1) is 8.79. The average Bonchev–Trinajstić information content (AvgIpc) is 2.77.